The Morgan fingerprint density at radius 3 is 1.89 bits per heavy atom. The van der Waals surface area contributed by atoms with Gasteiger partial charge >= 0.3 is 18.3 Å². The van der Waals surface area contributed by atoms with Gasteiger partial charge in [0.05, 0.1) is 0 Å². The van der Waals surface area contributed by atoms with E-state index < -0.39 is 12.0 Å². The lowest BCUT2D eigenvalue weighted by Gasteiger charge is -2.10. The van der Waals surface area contributed by atoms with E-state index >= 15 is 0 Å². The zero-order valence-electron chi connectivity index (χ0n) is 10.8. The maximum Gasteiger partial charge on any atom is 0.373 e. The second-order valence-electron chi connectivity index (χ2n) is 3.36. The fourth-order valence-electron chi connectivity index (χ4n) is 0.794. The van der Waals surface area contributed by atoms with Crippen molar-refractivity contribution >= 4 is 18.3 Å². The molecule has 0 heterocycles. The van der Waals surface area contributed by atoms with Crippen LogP contribution in [0.2, 0.25) is 0 Å². The Bertz CT molecular complexity index is 271. The van der Waals surface area contributed by atoms with Gasteiger partial charge in [-0.1, -0.05) is 0 Å². The van der Waals surface area contributed by atoms with E-state index in [4.69, 9.17) is 30.0 Å². The molecule has 0 aliphatic carbocycles. The molecule has 110 valence electrons. The van der Waals surface area contributed by atoms with Crippen LogP contribution in [-0.4, -0.2) is 55.1 Å². The van der Waals surface area contributed by atoms with Gasteiger partial charge in [0, 0.05) is 25.7 Å². The number of aliphatic carboxylic acids is 1. The van der Waals surface area contributed by atoms with E-state index in [0.717, 1.165) is 13.1 Å². The molecule has 0 fully saturated rings. The normalized spacial score (nSPS) is 11.3. The summed E-state index contributed by atoms with van der Waals surface area (Å²) in [4.78, 5) is 42.9. The Labute approximate surface area is 110 Å². The van der Waals surface area contributed by atoms with E-state index in [-0.39, 0.29) is 18.3 Å². The van der Waals surface area contributed by atoms with Crippen molar-refractivity contribution < 1.29 is 29.1 Å². The molecular weight excluding hydrogens is 258 g/mol. The molecule has 0 aromatic carbocycles. The molecule has 0 aromatic heterocycles. The van der Waals surface area contributed by atoms with Crippen molar-refractivity contribution in [3.05, 3.63) is 0 Å². The topological polar surface area (TPSA) is 156 Å². The lowest BCUT2D eigenvalue weighted by Crippen LogP contribution is -2.40. The van der Waals surface area contributed by atoms with Gasteiger partial charge in [-0.3, -0.25) is 4.79 Å². The molecule has 0 aliphatic heterocycles. The first-order valence-corrected chi connectivity index (χ1v) is 5.28. The van der Waals surface area contributed by atoms with E-state index in [9.17, 15) is 4.79 Å². The zero-order valence-corrected chi connectivity index (χ0v) is 10.8. The van der Waals surface area contributed by atoms with Crippen LogP contribution >= 0.6 is 0 Å². The van der Waals surface area contributed by atoms with Crippen molar-refractivity contribution in [1.82, 2.24) is 10.6 Å². The molecule has 2 atom stereocenters. The minimum atomic E-state index is -0.827. The molecule has 0 rings (SSSR count). The van der Waals surface area contributed by atoms with Gasteiger partial charge in [-0.05, 0) is 13.8 Å². The Hall–Kier alpha value is -1.89. The third-order valence-electron chi connectivity index (χ3n) is 1.59. The smallest absolute Gasteiger partial charge is 0.373 e. The van der Waals surface area contributed by atoms with Crippen molar-refractivity contribution in [3.63, 3.8) is 0 Å². The minimum absolute atomic E-state index is 0.136. The summed E-state index contributed by atoms with van der Waals surface area (Å²) >= 11 is 0. The molecule has 0 spiro atoms. The average molecular weight is 277 g/mol. The van der Waals surface area contributed by atoms with Gasteiger partial charge in [-0.2, -0.15) is 19.2 Å². The molecule has 0 unspecified atom stereocenters. The SMILES string of the molecule is C[C@H](N)CNCCN[C@@H](C)C(=O)O.O=C=O.O=C=O. The van der Waals surface area contributed by atoms with Crippen molar-refractivity contribution in [2.24, 2.45) is 5.73 Å². The number of carbonyl (C=O) groups excluding carboxylic acids is 4. The highest BCUT2D eigenvalue weighted by Gasteiger charge is 2.07. The van der Waals surface area contributed by atoms with E-state index in [1.807, 2.05) is 6.92 Å². The fourth-order valence-corrected chi connectivity index (χ4v) is 0.794. The number of carboxylic acid groups (broad SMARTS) is 1. The van der Waals surface area contributed by atoms with Crippen LogP contribution in [0.4, 0.5) is 0 Å². The summed E-state index contributed by atoms with van der Waals surface area (Å²) in [7, 11) is 0. The summed E-state index contributed by atoms with van der Waals surface area (Å²) in [5.74, 6) is -0.827. The van der Waals surface area contributed by atoms with Crippen molar-refractivity contribution in [1.29, 1.82) is 0 Å². The Balaban J connectivity index is -0.000000360. The number of hydrogen-bond donors (Lipinski definition) is 4. The van der Waals surface area contributed by atoms with Crippen LogP contribution in [0.25, 0.3) is 0 Å². The quantitative estimate of drug-likeness (QED) is 0.380. The number of hydrogen-bond acceptors (Lipinski definition) is 8. The average Bonchev–Trinajstić information content (AvgIpc) is 2.29. The minimum Gasteiger partial charge on any atom is -0.480 e. The van der Waals surface area contributed by atoms with Gasteiger partial charge in [0.2, 0.25) is 0 Å². The van der Waals surface area contributed by atoms with Gasteiger partial charge < -0.3 is 21.5 Å². The molecule has 9 nitrogen and oxygen atoms in total. The standard InChI is InChI=1S/C8H19N3O2.2CO2/c1-6(9)5-10-3-4-11-7(2)8(12)13;2*2-1-3/h6-7,10-11H,3-5,9H2,1-2H3,(H,12,13);;/t6-,7-;;/m0../s1. The molecular formula is C10H19N3O6. The summed E-state index contributed by atoms with van der Waals surface area (Å²) in [5.41, 5.74) is 5.51. The van der Waals surface area contributed by atoms with Crippen LogP contribution in [-0.2, 0) is 24.0 Å². The first-order valence-electron chi connectivity index (χ1n) is 5.28. The van der Waals surface area contributed by atoms with Crippen LogP contribution in [0.5, 0.6) is 0 Å². The summed E-state index contributed by atoms with van der Waals surface area (Å²) in [6.07, 6.45) is 0.500. The summed E-state index contributed by atoms with van der Waals surface area (Å²) in [6.45, 7) is 5.66. The highest BCUT2D eigenvalue weighted by atomic mass is 16.4. The first-order chi connectivity index (χ1) is 8.87. The maximum atomic E-state index is 10.4. The van der Waals surface area contributed by atoms with Gasteiger partial charge in [0.25, 0.3) is 0 Å². The van der Waals surface area contributed by atoms with E-state index in [1.165, 1.54) is 0 Å². The first kappa shape index (κ1) is 22.3. The van der Waals surface area contributed by atoms with Gasteiger partial charge in [0.15, 0.2) is 0 Å². The van der Waals surface area contributed by atoms with Gasteiger partial charge in [0.1, 0.15) is 6.04 Å². The molecule has 0 saturated carbocycles. The Kier molecular flexibility index (Phi) is 21.7. The van der Waals surface area contributed by atoms with Gasteiger partial charge in [-0.25, -0.2) is 0 Å². The summed E-state index contributed by atoms with van der Waals surface area (Å²) < 4.78 is 0. The molecule has 0 aromatic rings. The number of carboxylic acids is 1. The molecule has 0 bridgehead atoms. The number of nitrogens with one attached hydrogen (secondary N) is 2. The predicted octanol–water partition coefficient (Wildman–Crippen LogP) is -2.18. The third-order valence-corrected chi connectivity index (χ3v) is 1.59. The largest absolute Gasteiger partial charge is 0.480 e. The number of rotatable bonds is 7. The summed E-state index contributed by atoms with van der Waals surface area (Å²) in [6, 6.07) is -0.353. The molecule has 5 N–H and O–H groups in total. The Morgan fingerprint density at radius 2 is 1.58 bits per heavy atom. The fraction of sp³-hybridized carbons (Fsp3) is 0.700. The number of nitrogens with two attached hydrogens (primary N) is 1. The van der Waals surface area contributed by atoms with Crippen LogP contribution in [0.15, 0.2) is 0 Å². The third kappa shape index (κ3) is 31.4. The predicted molar refractivity (Wildman–Crippen MR) is 61.6 cm³/mol. The molecule has 0 amide bonds. The lowest BCUT2D eigenvalue weighted by molar-refractivity contribution is -0.193. The van der Waals surface area contributed by atoms with E-state index in [0.29, 0.717) is 6.54 Å². The highest BCUT2D eigenvalue weighted by Crippen LogP contribution is 1.78. The van der Waals surface area contributed by atoms with Crippen LogP contribution < -0.4 is 16.4 Å². The number of carbonyl (C=O) groups is 1. The second-order valence-corrected chi connectivity index (χ2v) is 3.36. The van der Waals surface area contributed by atoms with Gasteiger partial charge in [-0.15, -0.1) is 0 Å². The van der Waals surface area contributed by atoms with Crippen LogP contribution in [0.1, 0.15) is 13.8 Å². The highest BCUT2D eigenvalue weighted by molar-refractivity contribution is 5.72. The maximum absolute atomic E-state index is 10.4. The van der Waals surface area contributed by atoms with E-state index in [1.54, 1.807) is 6.92 Å². The van der Waals surface area contributed by atoms with Crippen molar-refractivity contribution in [3.8, 4) is 0 Å². The summed E-state index contributed by atoms with van der Waals surface area (Å²) in [5, 5.41) is 14.5. The van der Waals surface area contributed by atoms with E-state index in [2.05, 4.69) is 10.6 Å². The molecule has 0 radical (unpaired) electrons. The van der Waals surface area contributed by atoms with Crippen molar-refractivity contribution in [2.45, 2.75) is 25.9 Å². The molecule has 9 heteroatoms. The molecule has 0 saturated heterocycles. The monoisotopic (exact) mass is 277 g/mol. The molecule has 0 aliphatic rings. The van der Waals surface area contributed by atoms with Crippen LogP contribution in [0, 0.1) is 0 Å². The second kappa shape index (κ2) is 18.5. The molecule has 19 heavy (non-hydrogen) atoms. The lowest BCUT2D eigenvalue weighted by atomic mass is 10.3. The Morgan fingerprint density at radius 1 is 1.16 bits per heavy atom. The van der Waals surface area contributed by atoms with Crippen molar-refractivity contribution in [2.75, 3.05) is 19.6 Å². The zero-order chi connectivity index (χ0) is 15.7. The van der Waals surface area contributed by atoms with Crippen LogP contribution in [0.3, 0.4) is 0 Å².